The van der Waals surface area contributed by atoms with Crippen LogP contribution in [0.1, 0.15) is 34.3 Å². The molecule has 0 aliphatic carbocycles. The first-order valence-corrected chi connectivity index (χ1v) is 7.39. The maximum absolute atomic E-state index is 12.6. The van der Waals surface area contributed by atoms with Gasteiger partial charge in [-0.1, -0.05) is 48.5 Å². The minimum Gasteiger partial charge on any atom is -0.367 e. The van der Waals surface area contributed by atoms with Crippen molar-refractivity contribution in [2.24, 2.45) is 0 Å². The molecule has 1 fully saturated rings. The van der Waals surface area contributed by atoms with Gasteiger partial charge < -0.3 is 10.0 Å². The van der Waals surface area contributed by atoms with Gasteiger partial charge in [0.05, 0.1) is 0 Å². The van der Waals surface area contributed by atoms with E-state index in [0.717, 1.165) is 18.4 Å². The van der Waals surface area contributed by atoms with E-state index in [0.29, 0.717) is 12.0 Å². The largest absolute Gasteiger partial charge is 0.367 e. The van der Waals surface area contributed by atoms with Crippen LogP contribution in [0.4, 0.5) is 0 Å². The van der Waals surface area contributed by atoms with E-state index in [1.54, 1.807) is 4.90 Å². The Hall–Kier alpha value is -2.13. The molecule has 2 aliphatic rings. The van der Waals surface area contributed by atoms with Gasteiger partial charge in [-0.05, 0) is 24.5 Å². The van der Waals surface area contributed by atoms with Crippen LogP contribution in [-0.2, 0) is 12.1 Å². The number of amides is 1. The first-order valence-electron chi connectivity index (χ1n) is 7.39. The van der Waals surface area contributed by atoms with Crippen molar-refractivity contribution in [2.75, 3.05) is 0 Å². The lowest BCUT2D eigenvalue weighted by molar-refractivity contribution is -0.0688. The van der Waals surface area contributed by atoms with E-state index in [-0.39, 0.29) is 11.9 Å². The van der Waals surface area contributed by atoms with Crippen LogP contribution < -0.4 is 0 Å². The Morgan fingerprint density at radius 3 is 2.62 bits per heavy atom. The van der Waals surface area contributed by atoms with Crippen LogP contribution in [0.2, 0.25) is 0 Å². The third-order valence-electron chi connectivity index (χ3n) is 4.71. The number of fused-ring (bicyclic) bond motifs is 3. The summed E-state index contributed by atoms with van der Waals surface area (Å²) in [5, 5.41) is 11.0. The Balaban J connectivity index is 1.70. The van der Waals surface area contributed by atoms with E-state index >= 15 is 0 Å². The van der Waals surface area contributed by atoms with Gasteiger partial charge in [-0.25, -0.2) is 0 Å². The van der Waals surface area contributed by atoms with Crippen LogP contribution in [0.15, 0.2) is 54.6 Å². The topological polar surface area (TPSA) is 40.5 Å². The monoisotopic (exact) mass is 279 g/mol. The quantitative estimate of drug-likeness (QED) is 0.918. The molecular weight excluding hydrogens is 262 g/mol. The SMILES string of the molecule is O=C1c2ccccc2[C@@]2(O)CC[C@H](Cc3ccccc3)N12. The van der Waals surface area contributed by atoms with Crippen molar-refractivity contribution in [1.29, 1.82) is 0 Å². The zero-order chi connectivity index (χ0) is 14.4. The molecule has 0 bridgehead atoms. The van der Waals surface area contributed by atoms with Gasteiger partial charge in [0.25, 0.3) is 5.91 Å². The molecule has 1 N–H and O–H groups in total. The van der Waals surface area contributed by atoms with Crippen molar-refractivity contribution < 1.29 is 9.90 Å². The Labute approximate surface area is 123 Å². The number of aliphatic hydroxyl groups is 1. The Morgan fingerprint density at radius 2 is 1.81 bits per heavy atom. The predicted molar refractivity (Wildman–Crippen MR) is 79.7 cm³/mol. The maximum Gasteiger partial charge on any atom is 0.257 e. The Bertz CT molecular complexity index is 697. The second-order valence-corrected chi connectivity index (χ2v) is 5.92. The fraction of sp³-hybridized carbons (Fsp3) is 0.278. The highest BCUT2D eigenvalue weighted by molar-refractivity contribution is 6.00. The Kier molecular flexibility index (Phi) is 2.66. The second kappa shape index (κ2) is 4.43. The van der Waals surface area contributed by atoms with Crippen molar-refractivity contribution in [2.45, 2.75) is 31.0 Å². The number of carbonyl (C=O) groups is 1. The van der Waals surface area contributed by atoms with Crippen LogP contribution in [0.25, 0.3) is 0 Å². The van der Waals surface area contributed by atoms with Crippen molar-refractivity contribution in [3.63, 3.8) is 0 Å². The molecule has 3 nitrogen and oxygen atoms in total. The average molecular weight is 279 g/mol. The molecular formula is C18H17NO2. The molecule has 1 amide bonds. The van der Waals surface area contributed by atoms with E-state index in [1.807, 2.05) is 42.5 Å². The van der Waals surface area contributed by atoms with Crippen LogP contribution in [0.3, 0.4) is 0 Å². The van der Waals surface area contributed by atoms with Gasteiger partial charge in [-0.15, -0.1) is 0 Å². The van der Waals surface area contributed by atoms with E-state index in [2.05, 4.69) is 12.1 Å². The number of hydrogen-bond acceptors (Lipinski definition) is 2. The molecule has 0 spiro atoms. The molecule has 2 atom stereocenters. The number of rotatable bonds is 2. The highest BCUT2D eigenvalue weighted by Gasteiger charge is 2.55. The number of hydrogen-bond donors (Lipinski definition) is 1. The van der Waals surface area contributed by atoms with E-state index in [1.165, 1.54) is 5.56 Å². The summed E-state index contributed by atoms with van der Waals surface area (Å²) >= 11 is 0. The number of benzene rings is 2. The lowest BCUT2D eigenvalue weighted by Gasteiger charge is -2.31. The molecule has 4 rings (SSSR count). The summed E-state index contributed by atoms with van der Waals surface area (Å²) in [4.78, 5) is 14.3. The second-order valence-electron chi connectivity index (χ2n) is 5.92. The lowest BCUT2D eigenvalue weighted by Crippen LogP contribution is -2.43. The van der Waals surface area contributed by atoms with E-state index in [9.17, 15) is 9.90 Å². The normalized spacial score (nSPS) is 26.8. The zero-order valence-electron chi connectivity index (χ0n) is 11.7. The van der Waals surface area contributed by atoms with Gasteiger partial charge in [-0.2, -0.15) is 0 Å². The number of carbonyl (C=O) groups excluding carboxylic acids is 1. The van der Waals surface area contributed by atoms with Crippen molar-refractivity contribution >= 4 is 5.91 Å². The van der Waals surface area contributed by atoms with Gasteiger partial charge in [0.1, 0.15) is 0 Å². The fourth-order valence-electron chi connectivity index (χ4n) is 3.75. The summed E-state index contributed by atoms with van der Waals surface area (Å²) in [6.07, 6.45) is 2.25. The highest BCUT2D eigenvalue weighted by atomic mass is 16.3. The zero-order valence-corrected chi connectivity index (χ0v) is 11.7. The first-order chi connectivity index (χ1) is 10.2. The highest BCUT2D eigenvalue weighted by Crippen LogP contribution is 2.47. The van der Waals surface area contributed by atoms with E-state index < -0.39 is 5.72 Å². The summed E-state index contributed by atoms with van der Waals surface area (Å²) < 4.78 is 0. The van der Waals surface area contributed by atoms with Crippen LogP contribution >= 0.6 is 0 Å². The van der Waals surface area contributed by atoms with Crippen molar-refractivity contribution in [3.05, 3.63) is 71.3 Å². The summed E-state index contributed by atoms with van der Waals surface area (Å²) in [6.45, 7) is 0. The first kappa shape index (κ1) is 12.6. The third-order valence-corrected chi connectivity index (χ3v) is 4.71. The Morgan fingerprint density at radius 1 is 1.10 bits per heavy atom. The van der Waals surface area contributed by atoms with Crippen molar-refractivity contribution in [3.8, 4) is 0 Å². The van der Waals surface area contributed by atoms with Gasteiger partial charge >= 0.3 is 0 Å². The molecule has 2 heterocycles. The predicted octanol–water partition coefficient (Wildman–Crippen LogP) is 2.69. The smallest absolute Gasteiger partial charge is 0.257 e. The van der Waals surface area contributed by atoms with Gasteiger partial charge in [0, 0.05) is 23.6 Å². The molecule has 106 valence electrons. The van der Waals surface area contributed by atoms with Crippen LogP contribution in [0, 0.1) is 0 Å². The molecule has 2 aromatic rings. The molecule has 21 heavy (non-hydrogen) atoms. The molecule has 2 aromatic carbocycles. The van der Waals surface area contributed by atoms with Crippen LogP contribution in [0.5, 0.6) is 0 Å². The minimum absolute atomic E-state index is 0.0356. The summed E-state index contributed by atoms with van der Waals surface area (Å²) in [7, 11) is 0. The minimum atomic E-state index is -1.10. The molecule has 2 aliphatic heterocycles. The summed E-state index contributed by atoms with van der Waals surface area (Å²) in [5.74, 6) is -0.0356. The summed E-state index contributed by atoms with van der Waals surface area (Å²) in [5.41, 5.74) is 1.52. The van der Waals surface area contributed by atoms with Gasteiger partial charge in [0.15, 0.2) is 5.72 Å². The molecule has 0 radical (unpaired) electrons. The third kappa shape index (κ3) is 1.74. The van der Waals surface area contributed by atoms with Gasteiger partial charge in [-0.3, -0.25) is 4.79 Å². The van der Waals surface area contributed by atoms with Gasteiger partial charge in [0.2, 0.25) is 0 Å². The molecule has 0 unspecified atom stereocenters. The van der Waals surface area contributed by atoms with Crippen LogP contribution in [-0.4, -0.2) is 22.0 Å². The standard InChI is InChI=1S/C18H17NO2/c20-17-15-8-4-5-9-16(15)18(21)11-10-14(19(17)18)12-13-6-2-1-3-7-13/h1-9,14,21H,10-12H2/t14-,18+/m1/s1. The fourth-order valence-corrected chi connectivity index (χ4v) is 3.75. The molecule has 0 aromatic heterocycles. The summed E-state index contributed by atoms with van der Waals surface area (Å²) in [6, 6.07) is 17.7. The van der Waals surface area contributed by atoms with Crippen molar-refractivity contribution in [1.82, 2.24) is 4.90 Å². The number of nitrogens with zero attached hydrogens (tertiary/aromatic N) is 1. The molecule has 1 saturated heterocycles. The van der Waals surface area contributed by atoms with E-state index in [4.69, 9.17) is 0 Å². The lowest BCUT2D eigenvalue weighted by atomic mass is 9.98. The maximum atomic E-state index is 12.6. The molecule has 3 heteroatoms. The average Bonchev–Trinajstić information content (AvgIpc) is 2.95. The molecule has 0 saturated carbocycles.